The smallest absolute Gasteiger partial charge is 0.318 e. The lowest BCUT2D eigenvalue weighted by Crippen LogP contribution is -2.47. The first-order chi connectivity index (χ1) is 9.08. The van der Waals surface area contributed by atoms with Crippen molar-refractivity contribution in [2.24, 2.45) is 5.73 Å². The van der Waals surface area contributed by atoms with Crippen molar-refractivity contribution >= 4 is 11.9 Å². The van der Waals surface area contributed by atoms with Crippen LogP contribution in [0.25, 0.3) is 0 Å². The number of amides is 3. The van der Waals surface area contributed by atoms with Crippen molar-refractivity contribution in [3.8, 4) is 0 Å². The Morgan fingerprint density at radius 3 is 2.68 bits per heavy atom. The summed E-state index contributed by atoms with van der Waals surface area (Å²) in [5.41, 5.74) is 6.04. The van der Waals surface area contributed by atoms with Crippen LogP contribution in [0.5, 0.6) is 0 Å². The van der Waals surface area contributed by atoms with Gasteiger partial charge in [-0.1, -0.05) is 12.1 Å². The molecule has 1 unspecified atom stereocenters. The minimum atomic E-state index is -0.520. The third-order valence-corrected chi connectivity index (χ3v) is 3.20. The molecule has 1 heterocycles. The van der Waals surface area contributed by atoms with Crippen LogP contribution in [-0.2, 0) is 11.3 Å². The Hall–Kier alpha value is -2.11. The van der Waals surface area contributed by atoms with Gasteiger partial charge >= 0.3 is 6.03 Å². The molecule has 0 bridgehead atoms. The molecule has 1 fully saturated rings. The zero-order chi connectivity index (χ0) is 13.8. The summed E-state index contributed by atoms with van der Waals surface area (Å²) in [6.45, 7) is 0.823. The van der Waals surface area contributed by atoms with Crippen molar-refractivity contribution in [2.45, 2.75) is 25.4 Å². The van der Waals surface area contributed by atoms with Gasteiger partial charge in [0, 0.05) is 13.1 Å². The van der Waals surface area contributed by atoms with Gasteiger partial charge < -0.3 is 16.0 Å². The Kier molecular flexibility index (Phi) is 3.99. The predicted octanol–water partition coefficient (Wildman–Crippen LogP) is 0.985. The fraction of sp³-hybridized carbons (Fsp3) is 0.385. The highest BCUT2D eigenvalue weighted by Gasteiger charge is 2.32. The standard InChI is InChI=1S/C13H16FN3O2/c14-10-5-3-9(4-6-10)8-16-13(19)17-7-1-2-11(17)12(15)18/h3-6,11H,1-2,7-8H2,(H2,15,18)(H,16,19). The monoisotopic (exact) mass is 265 g/mol. The summed E-state index contributed by atoms with van der Waals surface area (Å²) in [7, 11) is 0. The Balaban J connectivity index is 1.90. The number of likely N-dealkylation sites (tertiary alicyclic amines) is 1. The van der Waals surface area contributed by atoms with Crippen LogP contribution >= 0.6 is 0 Å². The van der Waals surface area contributed by atoms with Gasteiger partial charge in [-0.05, 0) is 30.5 Å². The van der Waals surface area contributed by atoms with E-state index in [2.05, 4.69) is 5.32 Å². The van der Waals surface area contributed by atoms with Crippen LogP contribution in [0.3, 0.4) is 0 Å². The van der Waals surface area contributed by atoms with Gasteiger partial charge in [-0.2, -0.15) is 0 Å². The molecule has 1 saturated heterocycles. The lowest BCUT2D eigenvalue weighted by Gasteiger charge is -2.22. The van der Waals surface area contributed by atoms with Crippen molar-refractivity contribution in [1.29, 1.82) is 0 Å². The Morgan fingerprint density at radius 1 is 1.37 bits per heavy atom. The molecule has 0 aromatic heterocycles. The van der Waals surface area contributed by atoms with Crippen LogP contribution in [0.4, 0.5) is 9.18 Å². The summed E-state index contributed by atoms with van der Waals surface area (Å²) in [6, 6.07) is 5.04. The number of nitrogens with zero attached hydrogens (tertiary/aromatic N) is 1. The van der Waals surface area contributed by atoms with Crippen LogP contribution in [-0.4, -0.2) is 29.4 Å². The van der Waals surface area contributed by atoms with Gasteiger partial charge in [0.15, 0.2) is 0 Å². The molecule has 102 valence electrons. The van der Waals surface area contributed by atoms with E-state index in [4.69, 9.17) is 5.73 Å². The van der Waals surface area contributed by atoms with Crippen molar-refractivity contribution < 1.29 is 14.0 Å². The molecular weight excluding hydrogens is 249 g/mol. The third kappa shape index (κ3) is 3.21. The zero-order valence-corrected chi connectivity index (χ0v) is 10.4. The van der Waals surface area contributed by atoms with Crippen LogP contribution in [0.2, 0.25) is 0 Å². The van der Waals surface area contributed by atoms with Crippen LogP contribution in [0.15, 0.2) is 24.3 Å². The number of rotatable bonds is 3. The molecule has 3 N–H and O–H groups in total. The summed E-state index contributed by atoms with van der Waals surface area (Å²) in [4.78, 5) is 24.6. The molecule has 0 aliphatic carbocycles. The average Bonchev–Trinajstić information content (AvgIpc) is 2.87. The van der Waals surface area contributed by atoms with E-state index in [9.17, 15) is 14.0 Å². The maximum Gasteiger partial charge on any atom is 0.318 e. The first-order valence-corrected chi connectivity index (χ1v) is 6.16. The number of halogens is 1. The fourth-order valence-electron chi connectivity index (χ4n) is 2.19. The summed E-state index contributed by atoms with van der Waals surface area (Å²) in [5, 5.41) is 2.70. The molecule has 1 atom stereocenters. The molecule has 1 aliphatic heterocycles. The number of benzene rings is 1. The highest BCUT2D eigenvalue weighted by Crippen LogP contribution is 2.16. The predicted molar refractivity (Wildman–Crippen MR) is 67.6 cm³/mol. The molecule has 6 heteroatoms. The summed E-state index contributed by atoms with van der Waals surface area (Å²) >= 11 is 0. The highest BCUT2D eigenvalue weighted by molar-refractivity contribution is 5.86. The minimum absolute atomic E-state index is 0.293. The first-order valence-electron chi connectivity index (χ1n) is 6.16. The number of hydrogen-bond donors (Lipinski definition) is 2. The van der Waals surface area contributed by atoms with E-state index in [-0.39, 0.29) is 11.8 Å². The first kappa shape index (κ1) is 13.3. The number of hydrogen-bond acceptors (Lipinski definition) is 2. The van der Waals surface area contributed by atoms with Gasteiger partial charge in [-0.25, -0.2) is 9.18 Å². The Labute approximate surface area is 110 Å². The Bertz CT molecular complexity index is 475. The van der Waals surface area contributed by atoms with E-state index in [1.807, 2.05) is 0 Å². The minimum Gasteiger partial charge on any atom is -0.368 e. The third-order valence-electron chi connectivity index (χ3n) is 3.20. The number of nitrogens with one attached hydrogen (secondary N) is 1. The SMILES string of the molecule is NC(=O)C1CCCN1C(=O)NCc1ccc(F)cc1. The van der Waals surface area contributed by atoms with Gasteiger partial charge in [0.2, 0.25) is 5.91 Å². The van der Waals surface area contributed by atoms with Crippen LogP contribution in [0.1, 0.15) is 18.4 Å². The van der Waals surface area contributed by atoms with Crippen molar-refractivity contribution in [2.75, 3.05) is 6.54 Å². The molecule has 3 amide bonds. The van der Waals surface area contributed by atoms with Gasteiger partial charge in [-0.3, -0.25) is 4.79 Å². The lowest BCUT2D eigenvalue weighted by atomic mass is 10.2. The molecule has 1 aromatic rings. The van der Waals surface area contributed by atoms with E-state index in [0.29, 0.717) is 19.5 Å². The van der Waals surface area contributed by atoms with Crippen molar-refractivity contribution in [1.82, 2.24) is 10.2 Å². The summed E-state index contributed by atoms with van der Waals surface area (Å²) < 4.78 is 12.7. The van der Waals surface area contributed by atoms with Crippen molar-refractivity contribution in [3.63, 3.8) is 0 Å². The number of nitrogens with two attached hydrogens (primary N) is 1. The van der Waals surface area contributed by atoms with Crippen LogP contribution in [0, 0.1) is 5.82 Å². The maximum absolute atomic E-state index is 12.7. The van der Waals surface area contributed by atoms with Gasteiger partial charge in [0.25, 0.3) is 0 Å². The van der Waals surface area contributed by atoms with E-state index < -0.39 is 11.9 Å². The van der Waals surface area contributed by atoms with E-state index in [1.54, 1.807) is 12.1 Å². The maximum atomic E-state index is 12.7. The second kappa shape index (κ2) is 5.69. The largest absolute Gasteiger partial charge is 0.368 e. The summed E-state index contributed by atoms with van der Waals surface area (Å²) in [6.07, 6.45) is 1.39. The van der Waals surface area contributed by atoms with Crippen LogP contribution < -0.4 is 11.1 Å². The average molecular weight is 265 g/mol. The normalized spacial score (nSPS) is 18.4. The molecule has 1 aliphatic rings. The number of primary amides is 1. The second-order valence-corrected chi connectivity index (χ2v) is 4.54. The molecular formula is C13H16FN3O2. The molecule has 0 spiro atoms. The fourth-order valence-corrected chi connectivity index (χ4v) is 2.19. The van der Waals surface area contributed by atoms with E-state index in [0.717, 1.165) is 12.0 Å². The molecule has 0 saturated carbocycles. The molecule has 0 radical (unpaired) electrons. The van der Waals surface area contributed by atoms with Gasteiger partial charge in [-0.15, -0.1) is 0 Å². The molecule has 1 aromatic carbocycles. The quantitative estimate of drug-likeness (QED) is 0.855. The number of urea groups is 1. The molecule has 2 rings (SSSR count). The highest BCUT2D eigenvalue weighted by atomic mass is 19.1. The van der Waals surface area contributed by atoms with E-state index in [1.165, 1.54) is 17.0 Å². The lowest BCUT2D eigenvalue weighted by molar-refractivity contribution is -0.121. The Morgan fingerprint density at radius 2 is 2.05 bits per heavy atom. The van der Waals surface area contributed by atoms with Gasteiger partial charge in [0.05, 0.1) is 0 Å². The topological polar surface area (TPSA) is 75.4 Å². The molecule has 19 heavy (non-hydrogen) atoms. The number of carbonyl (C=O) groups excluding carboxylic acids is 2. The van der Waals surface area contributed by atoms with Crippen molar-refractivity contribution in [3.05, 3.63) is 35.6 Å². The summed E-state index contributed by atoms with van der Waals surface area (Å²) in [5.74, 6) is -0.794. The van der Waals surface area contributed by atoms with Gasteiger partial charge in [0.1, 0.15) is 11.9 Å². The zero-order valence-electron chi connectivity index (χ0n) is 10.4. The van der Waals surface area contributed by atoms with E-state index >= 15 is 0 Å². The molecule has 5 nitrogen and oxygen atoms in total. The second-order valence-electron chi connectivity index (χ2n) is 4.54. The number of carbonyl (C=O) groups is 2.